The minimum absolute atomic E-state index is 0.279. The third-order valence-corrected chi connectivity index (χ3v) is 5.56. The van der Waals surface area contributed by atoms with Crippen LogP contribution in [0.25, 0.3) is 28.2 Å². The summed E-state index contributed by atoms with van der Waals surface area (Å²) < 4.78 is 15.3. The monoisotopic (exact) mass is 452 g/mol. The number of pyridine rings is 2. The summed E-state index contributed by atoms with van der Waals surface area (Å²) in [5.74, 6) is 0.250. The Morgan fingerprint density at radius 2 is 1.85 bits per heavy atom. The second-order valence-electron chi connectivity index (χ2n) is 7.87. The average Bonchev–Trinajstić information content (AvgIpc) is 3.24. The van der Waals surface area contributed by atoms with Crippen LogP contribution in [0.1, 0.15) is 21.5 Å². The van der Waals surface area contributed by atoms with Gasteiger partial charge in [0.05, 0.1) is 5.56 Å². The molecule has 5 rings (SSSR count). The third-order valence-electron chi connectivity index (χ3n) is 5.56. The predicted octanol–water partition coefficient (Wildman–Crippen LogP) is 4.44. The first-order valence-electron chi connectivity index (χ1n) is 10.7. The summed E-state index contributed by atoms with van der Waals surface area (Å²) in [4.78, 5) is 25.9. The highest BCUT2D eigenvalue weighted by Gasteiger charge is 2.18. The lowest BCUT2D eigenvalue weighted by Crippen LogP contribution is -2.22. The number of anilines is 1. The van der Waals surface area contributed by atoms with Crippen molar-refractivity contribution in [1.82, 2.24) is 24.8 Å². The van der Waals surface area contributed by atoms with Crippen molar-refractivity contribution in [2.45, 2.75) is 13.5 Å². The molecule has 3 heterocycles. The number of halogens is 1. The summed E-state index contributed by atoms with van der Waals surface area (Å²) in [5.41, 5.74) is 11.4. The minimum atomic E-state index is -0.446. The molecule has 0 saturated carbocycles. The van der Waals surface area contributed by atoms with E-state index in [1.165, 1.54) is 18.2 Å². The Morgan fingerprint density at radius 3 is 2.62 bits per heavy atom. The second-order valence-corrected chi connectivity index (χ2v) is 7.87. The molecule has 0 aliphatic carbocycles. The molecule has 0 bridgehead atoms. The van der Waals surface area contributed by atoms with E-state index in [0.717, 1.165) is 22.3 Å². The smallest absolute Gasteiger partial charge is 0.251 e. The van der Waals surface area contributed by atoms with E-state index < -0.39 is 5.82 Å². The molecule has 3 N–H and O–H groups in total. The number of carbonyl (C=O) groups is 1. The van der Waals surface area contributed by atoms with Gasteiger partial charge in [0.2, 0.25) is 0 Å². The fraction of sp³-hybridized carbons (Fsp3) is 0.0769. The van der Waals surface area contributed by atoms with Crippen LogP contribution in [0, 0.1) is 12.7 Å². The van der Waals surface area contributed by atoms with Crippen LogP contribution in [0.3, 0.4) is 0 Å². The zero-order valence-corrected chi connectivity index (χ0v) is 18.4. The van der Waals surface area contributed by atoms with Crippen LogP contribution in [-0.2, 0) is 6.54 Å². The van der Waals surface area contributed by atoms with Gasteiger partial charge in [0.25, 0.3) is 5.91 Å². The summed E-state index contributed by atoms with van der Waals surface area (Å²) in [6.45, 7) is 2.29. The molecule has 0 unspecified atom stereocenters. The molecular formula is C26H21FN6O. The number of nitrogens with one attached hydrogen (secondary N) is 1. The van der Waals surface area contributed by atoms with Gasteiger partial charge in [-0.05, 0) is 66.6 Å². The van der Waals surface area contributed by atoms with E-state index in [4.69, 9.17) is 10.7 Å². The average molecular weight is 452 g/mol. The summed E-state index contributed by atoms with van der Waals surface area (Å²) in [5, 5.41) is 2.82. The lowest BCUT2D eigenvalue weighted by atomic mass is 10.1. The van der Waals surface area contributed by atoms with Gasteiger partial charge >= 0.3 is 0 Å². The normalized spacial score (nSPS) is 11.0. The van der Waals surface area contributed by atoms with Crippen molar-refractivity contribution in [2.24, 2.45) is 0 Å². The first kappa shape index (κ1) is 21.3. The van der Waals surface area contributed by atoms with Crippen molar-refractivity contribution in [2.75, 3.05) is 5.73 Å². The Bertz CT molecular complexity index is 1510. The molecule has 0 atom stereocenters. The van der Waals surface area contributed by atoms with E-state index in [-0.39, 0.29) is 11.5 Å². The highest BCUT2D eigenvalue weighted by molar-refractivity contribution is 5.94. The SMILES string of the molecule is Cc1ccnc2c1nc(-c1cccnc1N)n2-c1ccc(CNC(=O)c2cccc(F)c2)cc1. The van der Waals surface area contributed by atoms with Crippen LogP contribution in [0.5, 0.6) is 0 Å². The lowest BCUT2D eigenvalue weighted by Gasteiger charge is -2.11. The predicted molar refractivity (Wildman–Crippen MR) is 129 cm³/mol. The number of hydrogen-bond donors (Lipinski definition) is 2. The minimum Gasteiger partial charge on any atom is -0.383 e. The van der Waals surface area contributed by atoms with Crippen LogP contribution in [0.4, 0.5) is 10.2 Å². The van der Waals surface area contributed by atoms with E-state index >= 15 is 0 Å². The maximum absolute atomic E-state index is 13.4. The molecule has 7 nitrogen and oxygen atoms in total. The van der Waals surface area contributed by atoms with Gasteiger partial charge in [-0.1, -0.05) is 18.2 Å². The third kappa shape index (κ3) is 3.97. The standard InChI is InChI=1S/C26H21FN6O/c1-16-11-13-30-25-22(16)32-24(21-6-3-12-29-23(21)28)33(25)20-9-7-17(8-10-20)15-31-26(34)18-4-2-5-19(27)14-18/h2-14H,15H2,1H3,(H2,28,29)(H,31,34). The molecule has 0 spiro atoms. The van der Waals surface area contributed by atoms with Gasteiger partial charge in [0.1, 0.15) is 17.2 Å². The van der Waals surface area contributed by atoms with E-state index in [1.807, 2.05) is 54.0 Å². The summed E-state index contributed by atoms with van der Waals surface area (Å²) >= 11 is 0. The number of imidazole rings is 1. The maximum Gasteiger partial charge on any atom is 0.251 e. The number of amides is 1. The Kier molecular flexibility index (Phi) is 5.47. The van der Waals surface area contributed by atoms with E-state index in [1.54, 1.807) is 18.5 Å². The van der Waals surface area contributed by atoms with Gasteiger partial charge < -0.3 is 11.1 Å². The van der Waals surface area contributed by atoms with Gasteiger partial charge in [0.15, 0.2) is 11.5 Å². The van der Waals surface area contributed by atoms with Crippen LogP contribution in [0.2, 0.25) is 0 Å². The topological polar surface area (TPSA) is 98.7 Å². The molecule has 0 aliphatic rings. The van der Waals surface area contributed by atoms with E-state index in [0.29, 0.717) is 29.4 Å². The Labute approximate surface area is 195 Å². The van der Waals surface area contributed by atoms with Crippen LogP contribution in [0.15, 0.2) is 79.1 Å². The van der Waals surface area contributed by atoms with Crippen molar-refractivity contribution < 1.29 is 9.18 Å². The number of rotatable bonds is 5. The maximum atomic E-state index is 13.4. The van der Waals surface area contributed by atoms with Crippen molar-refractivity contribution in [3.63, 3.8) is 0 Å². The first-order chi connectivity index (χ1) is 16.5. The number of fused-ring (bicyclic) bond motifs is 1. The summed E-state index contributed by atoms with van der Waals surface area (Å²) in [7, 11) is 0. The number of benzene rings is 2. The van der Waals surface area contributed by atoms with Crippen molar-refractivity contribution >= 4 is 22.9 Å². The number of carbonyl (C=O) groups excluding carboxylic acids is 1. The Hall–Kier alpha value is -4.59. The van der Waals surface area contributed by atoms with Crippen LogP contribution in [-0.4, -0.2) is 25.4 Å². The molecule has 8 heteroatoms. The summed E-state index contributed by atoms with van der Waals surface area (Å²) in [6.07, 6.45) is 3.39. The molecule has 168 valence electrons. The van der Waals surface area contributed by atoms with Crippen molar-refractivity contribution in [1.29, 1.82) is 0 Å². The number of aromatic nitrogens is 4. The van der Waals surface area contributed by atoms with E-state index in [2.05, 4.69) is 15.3 Å². The van der Waals surface area contributed by atoms with Gasteiger partial charge in [-0.25, -0.2) is 19.3 Å². The van der Waals surface area contributed by atoms with Gasteiger partial charge in [-0.2, -0.15) is 0 Å². The molecule has 0 fully saturated rings. The van der Waals surface area contributed by atoms with Crippen molar-refractivity contribution in [3.05, 3.63) is 102 Å². The van der Waals surface area contributed by atoms with Gasteiger partial charge in [-0.15, -0.1) is 0 Å². The van der Waals surface area contributed by atoms with Gasteiger partial charge in [-0.3, -0.25) is 9.36 Å². The zero-order chi connectivity index (χ0) is 23.7. The molecule has 5 aromatic rings. The van der Waals surface area contributed by atoms with E-state index in [9.17, 15) is 9.18 Å². The molecule has 34 heavy (non-hydrogen) atoms. The highest BCUT2D eigenvalue weighted by Crippen LogP contribution is 2.31. The second kappa shape index (κ2) is 8.74. The fourth-order valence-electron chi connectivity index (χ4n) is 3.80. The molecule has 2 aromatic carbocycles. The van der Waals surface area contributed by atoms with Crippen molar-refractivity contribution in [3.8, 4) is 17.1 Å². The Morgan fingerprint density at radius 1 is 1.03 bits per heavy atom. The molecule has 1 amide bonds. The Balaban J connectivity index is 1.47. The van der Waals surface area contributed by atoms with Crippen LogP contribution < -0.4 is 11.1 Å². The first-order valence-corrected chi connectivity index (χ1v) is 10.7. The number of hydrogen-bond acceptors (Lipinski definition) is 5. The molecule has 0 radical (unpaired) electrons. The number of nitrogen functional groups attached to an aromatic ring is 1. The largest absolute Gasteiger partial charge is 0.383 e. The fourth-order valence-corrected chi connectivity index (χ4v) is 3.80. The molecule has 0 aliphatic heterocycles. The summed E-state index contributed by atoms with van der Waals surface area (Å²) in [6, 6.07) is 18.9. The molecule has 3 aromatic heterocycles. The quantitative estimate of drug-likeness (QED) is 0.411. The van der Waals surface area contributed by atoms with Gasteiger partial charge in [0, 0.05) is 30.2 Å². The molecular weight excluding hydrogens is 431 g/mol. The zero-order valence-electron chi connectivity index (χ0n) is 18.4. The number of nitrogens with two attached hydrogens (primary N) is 1. The lowest BCUT2D eigenvalue weighted by molar-refractivity contribution is 0.0950. The number of aryl methyl sites for hydroxylation is 1. The van der Waals surface area contributed by atoms with Crippen LogP contribution >= 0.6 is 0 Å². The highest BCUT2D eigenvalue weighted by atomic mass is 19.1. The molecule has 0 saturated heterocycles. The number of nitrogens with zero attached hydrogens (tertiary/aromatic N) is 4.